The zero-order valence-electron chi connectivity index (χ0n) is 12.7. The number of aliphatic hydroxyl groups is 1. The number of rotatable bonds is 4. The van der Waals surface area contributed by atoms with Gasteiger partial charge in [0.2, 0.25) is 5.91 Å². The lowest BCUT2D eigenvalue weighted by molar-refractivity contribution is -0.163. The Labute approximate surface area is 141 Å². The lowest BCUT2D eigenvalue weighted by atomic mass is 9.79. The SMILES string of the molecule is C[C@@H](O)[C@H]1C(=O)N2C(C(=O)O)=C(SC3CNC(=O)SC3)[C@H](C)[C@H]12. The third-order valence-corrected chi connectivity index (χ3v) is 7.15. The summed E-state index contributed by atoms with van der Waals surface area (Å²) in [7, 11) is 0. The van der Waals surface area contributed by atoms with Crippen LogP contribution in [-0.4, -0.2) is 61.9 Å². The first-order chi connectivity index (χ1) is 10.8. The maximum absolute atomic E-state index is 12.2. The smallest absolute Gasteiger partial charge is 0.353 e. The first-order valence-corrected chi connectivity index (χ1v) is 9.25. The van der Waals surface area contributed by atoms with E-state index in [-0.39, 0.29) is 34.1 Å². The van der Waals surface area contributed by atoms with Crippen molar-refractivity contribution < 1.29 is 24.6 Å². The summed E-state index contributed by atoms with van der Waals surface area (Å²) in [6.07, 6.45) is -0.796. The summed E-state index contributed by atoms with van der Waals surface area (Å²) < 4.78 is 0. The number of hydrogen-bond donors (Lipinski definition) is 3. The Morgan fingerprint density at radius 1 is 1.48 bits per heavy atom. The van der Waals surface area contributed by atoms with Gasteiger partial charge in [-0.25, -0.2) is 4.79 Å². The van der Waals surface area contributed by atoms with Crippen LogP contribution in [0.4, 0.5) is 4.79 Å². The van der Waals surface area contributed by atoms with Crippen molar-refractivity contribution in [3.63, 3.8) is 0 Å². The molecule has 126 valence electrons. The fourth-order valence-electron chi connectivity index (χ4n) is 3.41. The molecule has 23 heavy (non-hydrogen) atoms. The zero-order valence-corrected chi connectivity index (χ0v) is 14.3. The molecule has 5 atom stereocenters. The average molecular weight is 358 g/mol. The fourth-order valence-corrected chi connectivity index (χ4v) is 5.70. The number of thioether (sulfide) groups is 2. The minimum absolute atomic E-state index is 0.0382. The van der Waals surface area contributed by atoms with Crippen LogP contribution in [0.5, 0.6) is 0 Å². The second-order valence-electron chi connectivity index (χ2n) is 5.99. The molecule has 2 amide bonds. The standard InChI is InChI=1S/C14H18N2O5S2/c1-5-9-8(6(2)17)12(18)16(9)10(13(19)20)11(5)23-7-3-15-14(21)22-4-7/h5-9,17H,3-4H2,1-2H3,(H,15,21)(H,19,20)/t5-,6-,7?,8-,9-/m1/s1. The topological polar surface area (TPSA) is 107 Å². The van der Waals surface area contributed by atoms with Gasteiger partial charge in [-0.3, -0.25) is 9.59 Å². The highest BCUT2D eigenvalue weighted by Gasteiger charge is 2.60. The summed E-state index contributed by atoms with van der Waals surface area (Å²) >= 11 is 2.61. The Kier molecular flexibility index (Phi) is 4.37. The maximum Gasteiger partial charge on any atom is 0.353 e. The van der Waals surface area contributed by atoms with E-state index in [1.165, 1.54) is 28.4 Å². The van der Waals surface area contributed by atoms with E-state index in [4.69, 9.17) is 0 Å². The Hall–Kier alpha value is -1.19. The lowest BCUT2D eigenvalue weighted by Gasteiger charge is -2.46. The van der Waals surface area contributed by atoms with Crippen LogP contribution in [-0.2, 0) is 9.59 Å². The molecule has 0 saturated carbocycles. The van der Waals surface area contributed by atoms with Crippen LogP contribution in [0.2, 0.25) is 0 Å². The number of fused-ring (bicyclic) bond motifs is 1. The Balaban J connectivity index is 1.84. The highest BCUT2D eigenvalue weighted by Crippen LogP contribution is 2.51. The molecule has 0 aromatic rings. The zero-order chi connectivity index (χ0) is 16.9. The predicted molar refractivity (Wildman–Crippen MR) is 86.9 cm³/mol. The number of aliphatic hydroxyl groups excluding tert-OH is 1. The minimum atomic E-state index is -1.12. The number of nitrogens with one attached hydrogen (secondary N) is 1. The van der Waals surface area contributed by atoms with Crippen molar-refractivity contribution in [1.29, 1.82) is 0 Å². The molecule has 3 N–H and O–H groups in total. The number of amides is 2. The molecule has 2 saturated heterocycles. The van der Waals surface area contributed by atoms with Crippen molar-refractivity contribution in [3.05, 3.63) is 10.6 Å². The number of aliphatic carboxylic acids is 1. The second-order valence-corrected chi connectivity index (χ2v) is 8.33. The van der Waals surface area contributed by atoms with Gasteiger partial charge in [0.05, 0.1) is 18.1 Å². The maximum atomic E-state index is 12.2. The number of β-lactam (4-membered cyclic amide) rings is 1. The molecule has 1 unspecified atom stereocenters. The first-order valence-electron chi connectivity index (χ1n) is 7.38. The Morgan fingerprint density at radius 3 is 2.70 bits per heavy atom. The molecule has 0 aliphatic carbocycles. The molecule has 3 rings (SSSR count). The van der Waals surface area contributed by atoms with E-state index in [0.29, 0.717) is 17.2 Å². The van der Waals surface area contributed by atoms with E-state index in [1.807, 2.05) is 6.92 Å². The molecule has 0 radical (unpaired) electrons. The largest absolute Gasteiger partial charge is 0.477 e. The van der Waals surface area contributed by atoms with Gasteiger partial charge in [-0.2, -0.15) is 0 Å². The molecule has 3 aliphatic rings. The molecule has 0 bridgehead atoms. The van der Waals surface area contributed by atoms with Crippen LogP contribution in [0.25, 0.3) is 0 Å². The van der Waals surface area contributed by atoms with E-state index in [0.717, 1.165) is 0 Å². The minimum Gasteiger partial charge on any atom is -0.477 e. The van der Waals surface area contributed by atoms with Crippen molar-refractivity contribution in [2.75, 3.05) is 12.3 Å². The summed E-state index contributed by atoms with van der Waals surface area (Å²) in [5.74, 6) is -1.51. The summed E-state index contributed by atoms with van der Waals surface area (Å²) in [5.41, 5.74) is 0.0382. The third-order valence-electron chi connectivity index (χ3n) is 4.48. The van der Waals surface area contributed by atoms with Crippen LogP contribution in [0.15, 0.2) is 10.6 Å². The van der Waals surface area contributed by atoms with Crippen LogP contribution >= 0.6 is 23.5 Å². The number of hydrogen-bond acceptors (Lipinski definition) is 6. The van der Waals surface area contributed by atoms with Crippen molar-refractivity contribution in [3.8, 4) is 0 Å². The van der Waals surface area contributed by atoms with Crippen LogP contribution in [0.1, 0.15) is 13.8 Å². The highest BCUT2D eigenvalue weighted by atomic mass is 32.2. The van der Waals surface area contributed by atoms with Crippen LogP contribution in [0, 0.1) is 11.8 Å². The quantitative estimate of drug-likeness (QED) is 0.635. The molecule has 3 heterocycles. The van der Waals surface area contributed by atoms with Crippen LogP contribution < -0.4 is 5.32 Å². The van der Waals surface area contributed by atoms with Gasteiger partial charge in [0, 0.05) is 28.4 Å². The molecule has 2 fully saturated rings. The molecule has 0 aromatic heterocycles. The molecule has 9 heteroatoms. The van der Waals surface area contributed by atoms with E-state index < -0.39 is 18.0 Å². The second kappa shape index (κ2) is 6.03. The monoisotopic (exact) mass is 358 g/mol. The highest BCUT2D eigenvalue weighted by molar-refractivity contribution is 8.14. The van der Waals surface area contributed by atoms with E-state index in [9.17, 15) is 24.6 Å². The average Bonchev–Trinajstić information content (AvgIpc) is 2.71. The Morgan fingerprint density at radius 2 is 2.17 bits per heavy atom. The summed E-state index contributed by atoms with van der Waals surface area (Å²) in [6, 6.07) is -0.290. The van der Waals surface area contributed by atoms with Crippen LogP contribution in [0.3, 0.4) is 0 Å². The van der Waals surface area contributed by atoms with Gasteiger partial charge in [-0.15, -0.1) is 11.8 Å². The van der Waals surface area contributed by atoms with E-state index in [1.54, 1.807) is 6.92 Å². The van der Waals surface area contributed by atoms with Gasteiger partial charge >= 0.3 is 5.97 Å². The van der Waals surface area contributed by atoms with Gasteiger partial charge in [-0.05, 0) is 6.92 Å². The summed E-state index contributed by atoms with van der Waals surface area (Å²) in [5, 5.41) is 22.1. The molecular formula is C14H18N2O5S2. The number of carboxylic acid groups (broad SMARTS) is 1. The normalized spacial score (nSPS) is 34.8. The summed E-state index contributed by atoms with van der Waals surface area (Å²) in [4.78, 5) is 37.1. The molecular weight excluding hydrogens is 340 g/mol. The molecule has 0 aromatic carbocycles. The molecule has 7 nitrogen and oxygen atoms in total. The number of nitrogens with zero attached hydrogens (tertiary/aromatic N) is 1. The van der Waals surface area contributed by atoms with Crippen molar-refractivity contribution in [1.82, 2.24) is 10.2 Å². The van der Waals surface area contributed by atoms with Crippen molar-refractivity contribution in [2.45, 2.75) is 31.2 Å². The summed E-state index contributed by atoms with van der Waals surface area (Å²) in [6.45, 7) is 3.94. The molecule has 0 spiro atoms. The lowest BCUT2D eigenvalue weighted by Crippen LogP contribution is -2.63. The number of carboxylic acids is 1. The van der Waals surface area contributed by atoms with Gasteiger partial charge in [0.25, 0.3) is 5.24 Å². The third kappa shape index (κ3) is 2.64. The van der Waals surface area contributed by atoms with Gasteiger partial charge < -0.3 is 20.4 Å². The van der Waals surface area contributed by atoms with Gasteiger partial charge in [0.1, 0.15) is 5.70 Å². The van der Waals surface area contributed by atoms with E-state index >= 15 is 0 Å². The van der Waals surface area contributed by atoms with E-state index in [2.05, 4.69) is 5.32 Å². The molecule has 3 aliphatic heterocycles. The fraction of sp³-hybridized carbons (Fsp3) is 0.643. The number of carbonyl (C=O) groups is 3. The number of carbonyl (C=O) groups excluding carboxylic acids is 2. The van der Waals surface area contributed by atoms with Gasteiger partial charge in [-0.1, -0.05) is 18.7 Å². The Bertz CT molecular complexity index is 596. The van der Waals surface area contributed by atoms with Crippen molar-refractivity contribution in [2.24, 2.45) is 11.8 Å². The van der Waals surface area contributed by atoms with Crippen molar-refractivity contribution >= 4 is 40.6 Å². The predicted octanol–water partition coefficient (Wildman–Crippen LogP) is 0.698. The first kappa shape index (κ1) is 16.7. The van der Waals surface area contributed by atoms with Gasteiger partial charge in [0.15, 0.2) is 0 Å².